The minimum absolute atomic E-state index is 0.243. The number of carbonyl (C=O) groups is 1. The number of anilines is 2. The van der Waals surface area contributed by atoms with E-state index in [9.17, 15) is 9.18 Å². The Morgan fingerprint density at radius 2 is 2.26 bits per heavy atom. The van der Waals surface area contributed by atoms with Crippen LogP contribution in [0.3, 0.4) is 0 Å². The topological polar surface area (TPSA) is 51.2 Å². The van der Waals surface area contributed by atoms with Gasteiger partial charge >= 0.3 is 5.97 Å². The largest absolute Gasteiger partial charge is 0.464 e. The van der Waals surface area contributed by atoms with Crippen LogP contribution in [0, 0.1) is 12.7 Å². The van der Waals surface area contributed by atoms with Crippen molar-refractivity contribution in [2.45, 2.75) is 6.92 Å². The van der Waals surface area contributed by atoms with Crippen molar-refractivity contribution >= 4 is 39.7 Å². The van der Waals surface area contributed by atoms with Gasteiger partial charge in [-0.25, -0.2) is 14.2 Å². The van der Waals surface area contributed by atoms with Crippen LogP contribution >= 0.6 is 22.9 Å². The number of thiazole rings is 1. The van der Waals surface area contributed by atoms with Gasteiger partial charge in [-0.1, -0.05) is 11.6 Å². The molecule has 4 nitrogen and oxygen atoms in total. The smallest absolute Gasteiger partial charge is 0.357 e. The van der Waals surface area contributed by atoms with Crippen LogP contribution < -0.4 is 5.32 Å². The molecule has 0 atom stereocenters. The van der Waals surface area contributed by atoms with E-state index >= 15 is 0 Å². The summed E-state index contributed by atoms with van der Waals surface area (Å²) >= 11 is 7.19. The van der Waals surface area contributed by atoms with Gasteiger partial charge in [0.2, 0.25) is 0 Å². The van der Waals surface area contributed by atoms with Crippen LogP contribution in [0.1, 0.15) is 15.4 Å². The molecule has 1 aromatic carbocycles. The van der Waals surface area contributed by atoms with Crippen molar-refractivity contribution in [2.24, 2.45) is 0 Å². The van der Waals surface area contributed by atoms with E-state index in [0.29, 0.717) is 10.8 Å². The molecule has 1 aromatic heterocycles. The Bertz CT molecular complexity index is 630. The first-order valence-electron chi connectivity index (χ1n) is 5.29. The monoisotopic (exact) mass is 300 g/mol. The fourth-order valence-electron chi connectivity index (χ4n) is 1.44. The molecule has 1 heterocycles. The Kier molecular flexibility index (Phi) is 4.01. The second-order valence-corrected chi connectivity index (χ2v) is 5.27. The molecule has 2 rings (SSSR count). The van der Waals surface area contributed by atoms with E-state index in [1.807, 2.05) is 0 Å². The number of aromatic nitrogens is 1. The number of methoxy groups -OCH3 is 1. The lowest BCUT2D eigenvalue weighted by Crippen LogP contribution is -2.03. The predicted octanol–water partition coefficient (Wildman–Crippen LogP) is 3.77. The summed E-state index contributed by atoms with van der Waals surface area (Å²) in [5.41, 5.74) is 0.779. The normalized spacial score (nSPS) is 10.3. The van der Waals surface area contributed by atoms with Crippen LogP contribution in [0.5, 0.6) is 0 Å². The average molecular weight is 301 g/mol. The third kappa shape index (κ3) is 3.02. The van der Waals surface area contributed by atoms with Crippen LogP contribution in [-0.2, 0) is 4.74 Å². The van der Waals surface area contributed by atoms with Crippen molar-refractivity contribution in [3.8, 4) is 0 Å². The second-order valence-electron chi connectivity index (χ2n) is 3.66. The van der Waals surface area contributed by atoms with Crippen LogP contribution in [0.25, 0.3) is 0 Å². The van der Waals surface area contributed by atoms with Gasteiger partial charge < -0.3 is 10.1 Å². The maximum atomic E-state index is 12.9. The highest BCUT2D eigenvalue weighted by atomic mass is 35.5. The second kappa shape index (κ2) is 5.54. The first-order chi connectivity index (χ1) is 9.01. The molecule has 0 unspecified atom stereocenters. The molecule has 100 valence electrons. The van der Waals surface area contributed by atoms with Gasteiger partial charge in [0.1, 0.15) is 5.82 Å². The van der Waals surface area contributed by atoms with Gasteiger partial charge in [-0.3, -0.25) is 0 Å². The molecule has 0 fully saturated rings. The Hall–Kier alpha value is -1.66. The Balaban J connectivity index is 2.26. The molecule has 19 heavy (non-hydrogen) atoms. The van der Waals surface area contributed by atoms with Gasteiger partial charge in [-0.05, 0) is 25.1 Å². The van der Waals surface area contributed by atoms with Crippen molar-refractivity contribution < 1.29 is 13.9 Å². The fraction of sp³-hybridized carbons (Fsp3) is 0.167. The number of aryl methyl sites for hydroxylation is 1. The zero-order chi connectivity index (χ0) is 14.0. The minimum Gasteiger partial charge on any atom is -0.464 e. The maximum absolute atomic E-state index is 12.9. The highest BCUT2D eigenvalue weighted by Gasteiger charge is 2.16. The molecule has 0 aliphatic carbocycles. The number of rotatable bonds is 3. The Labute approximate surface area is 118 Å². The Morgan fingerprint density at radius 3 is 2.89 bits per heavy atom. The molecule has 0 aliphatic rings. The number of hydrogen-bond donors (Lipinski definition) is 1. The third-order valence-corrected chi connectivity index (χ3v) is 3.55. The number of carbonyl (C=O) groups excluding carboxylic acids is 1. The van der Waals surface area contributed by atoms with Gasteiger partial charge in [0.15, 0.2) is 10.8 Å². The van der Waals surface area contributed by atoms with E-state index in [2.05, 4.69) is 15.0 Å². The quantitative estimate of drug-likeness (QED) is 0.877. The zero-order valence-electron chi connectivity index (χ0n) is 10.2. The van der Waals surface area contributed by atoms with Crippen LogP contribution in [-0.4, -0.2) is 18.1 Å². The summed E-state index contributed by atoms with van der Waals surface area (Å²) in [6, 6.07) is 3.99. The summed E-state index contributed by atoms with van der Waals surface area (Å²) in [5, 5.41) is 3.68. The molecule has 0 amide bonds. The maximum Gasteiger partial charge on any atom is 0.357 e. The highest BCUT2D eigenvalue weighted by Crippen LogP contribution is 2.30. The summed E-state index contributed by atoms with van der Waals surface area (Å²) in [6.07, 6.45) is 0. The summed E-state index contributed by atoms with van der Waals surface area (Å²) in [5.74, 6) is -0.909. The molecule has 0 bridgehead atoms. The minimum atomic E-state index is -0.494. The average Bonchev–Trinajstić information content (AvgIpc) is 2.73. The fourth-order valence-corrected chi connectivity index (χ4v) is 2.47. The number of benzene rings is 1. The molecule has 0 spiro atoms. The van der Waals surface area contributed by atoms with Gasteiger partial charge in [0.05, 0.1) is 17.8 Å². The molecule has 2 aromatic rings. The highest BCUT2D eigenvalue weighted by molar-refractivity contribution is 7.15. The summed E-state index contributed by atoms with van der Waals surface area (Å²) in [6.45, 7) is 1.77. The van der Waals surface area contributed by atoms with Crippen molar-refractivity contribution in [2.75, 3.05) is 12.4 Å². The predicted molar refractivity (Wildman–Crippen MR) is 72.9 cm³/mol. The molecule has 0 saturated carbocycles. The lowest BCUT2D eigenvalue weighted by Gasteiger charge is -2.04. The van der Waals surface area contributed by atoms with Gasteiger partial charge in [-0.15, -0.1) is 11.3 Å². The molecule has 7 heteroatoms. The SMILES string of the molecule is COC(=O)c1nc(Nc2ccc(F)cc2Cl)sc1C. The number of nitrogens with one attached hydrogen (secondary N) is 1. The van der Waals surface area contributed by atoms with E-state index in [1.165, 1.54) is 36.6 Å². The molecule has 0 radical (unpaired) electrons. The van der Waals surface area contributed by atoms with Crippen molar-refractivity contribution in [1.82, 2.24) is 4.98 Å². The van der Waals surface area contributed by atoms with E-state index in [-0.39, 0.29) is 10.7 Å². The third-order valence-electron chi connectivity index (χ3n) is 2.35. The molecule has 0 saturated heterocycles. The van der Waals surface area contributed by atoms with E-state index in [1.54, 1.807) is 6.92 Å². The molecule has 0 aliphatic heterocycles. The van der Waals surface area contributed by atoms with Crippen LogP contribution in [0.2, 0.25) is 5.02 Å². The number of ether oxygens (including phenoxy) is 1. The molecule has 1 N–H and O–H groups in total. The summed E-state index contributed by atoms with van der Waals surface area (Å²) in [4.78, 5) is 16.3. The number of esters is 1. The van der Waals surface area contributed by atoms with Crippen molar-refractivity contribution in [1.29, 1.82) is 0 Å². The van der Waals surface area contributed by atoms with Gasteiger partial charge in [-0.2, -0.15) is 0 Å². The molecular weight excluding hydrogens is 291 g/mol. The lowest BCUT2D eigenvalue weighted by molar-refractivity contribution is 0.0594. The first kappa shape index (κ1) is 13.8. The van der Waals surface area contributed by atoms with Crippen molar-refractivity contribution in [3.63, 3.8) is 0 Å². The summed E-state index contributed by atoms with van der Waals surface area (Å²) < 4.78 is 17.5. The number of halogens is 2. The van der Waals surface area contributed by atoms with Gasteiger partial charge in [0.25, 0.3) is 0 Å². The van der Waals surface area contributed by atoms with Crippen LogP contribution in [0.4, 0.5) is 15.2 Å². The van der Waals surface area contributed by atoms with Crippen LogP contribution in [0.15, 0.2) is 18.2 Å². The van der Waals surface area contributed by atoms with Gasteiger partial charge in [0, 0.05) is 4.88 Å². The number of nitrogens with zero attached hydrogens (tertiary/aromatic N) is 1. The molecular formula is C12H10ClFN2O2S. The zero-order valence-corrected chi connectivity index (χ0v) is 11.7. The number of hydrogen-bond acceptors (Lipinski definition) is 5. The van der Waals surface area contributed by atoms with E-state index < -0.39 is 11.8 Å². The van der Waals surface area contributed by atoms with E-state index in [0.717, 1.165) is 4.88 Å². The first-order valence-corrected chi connectivity index (χ1v) is 6.48. The van der Waals surface area contributed by atoms with Crippen molar-refractivity contribution in [3.05, 3.63) is 39.6 Å². The summed E-state index contributed by atoms with van der Waals surface area (Å²) in [7, 11) is 1.30. The van der Waals surface area contributed by atoms with E-state index in [4.69, 9.17) is 11.6 Å². The standard InChI is InChI=1S/C12H10ClFN2O2S/c1-6-10(11(17)18-2)16-12(19-6)15-9-4-3-7(14)5-8(9)13/h3-5H,1-2H3,(H,15,16). The lowest BCUT2D eigenvalue weighted by atomic mass is 10.3. The Morgan fingerprint density at radius 1 is 1.53 bits per heavy atom.